The molecular weight excluding hydrogens is 238 g/mol. The number of nitriles is 1. The Kier molecular flexibility index (Phi) is 3.43. The molecule has 0 aromatic carbocycles. The molecule has 0 aromatic heterocycles. The average Bonchev–Trinajstić information content (AvgIpc) is 2.28. The Morgan fingerprint density at radius 1 is 1.24 bits per heavy atom. The lowest BCUT2D eigenvalue weighted by Crippen LogP contribution is -2.60. The minimum atomic E-state index is -3.04. The first-order valence-electron chi connectivity index (χ1n) is 6.03. The second-order valence-electron chi connectivity index (χ2n) is 5.13. The fraction of sp³-hybridized carbons (Fsp3) is 0.909. The van der Waals surface area contributed by atoms with Gasteiger partial charge in [-0.25, -0.2) is 8.42 Å². The summed E-state index contributed by atoms with van der Waals surface area (Å²) in [5.41, 5.74) is -0.766. The maximum atomic E-state index is 11.7. The zero-order chi connectivity index (χ0) is 12.5. The first-order valence-corrected chi connectivity index (χ1v) is 7.85. The molecule has 0 radical (unpaired) electrons. The molecule has 1 unspecified atom stereocenters. The van der Waals surface area contributed by atoms with Crippen LogP contribution in [-0.2, 0) is 9.84 Å². The van der Waals surface area contributed by atoms with Gasteiger partial charge in [0.1, 0.15) is 5.54 Å². The molecule has 0 N–H and O–H groups in total. The number of rotatable bonds is 1. The molecule has 96 valence electrons. The number of hydrogen-bond donors (Lipinski definition) is 0. The van der Waals surface area contributed by atoms with Gasteiger partial charge in [-0.05, 0) is 19.9 Å². The predicted octanol–water partition coefficient (Wildman–Crippen LogP) is -0.295. The summed E-state index contributed by atoms with van der Waals surface area (Å²) >= 11 is 0. The molecule has 2 aliphatic heterocycles. The summed E-state index contributed by atoms with van der Waals surface area (Å²) in [6.07, 6.45) is 1.30. The van der Waals surface area contributed by atoms with E-state index in [1.807, 2.05) is 7.05 Å². The molecule has 0 bridgehead atoms. The van der Waals surface area contributed by atoms with Crippen LogP contribution in [0.4, 0.5) is 0 Å². The summed E-state index contributed by atoms with van der Waals surface area (Å²) in [6, 6.07) is 2.29. The van der Waals surface area contributed by atoms with E-state index in [0.29, 0.717) is 12.8 Å². The number of likely N-dealkylation sites (N-methyl/N-ethyl adjacent to an activating group) is 1. The van der Waals surface area contributed by atoms with Crippen LogP contribution in [0.1, 0.15) is 12.8 Å². The van der Waals surface area contributed by atoms with E-state index in [2.05, 4.69) is 15.9 Å². The van der Waals surface area contributed by atoms with Gasteiger partial charge in [-0.2, -0.15) is 5.26 Å². The van der Waals surface area contributed by atoms with E-state index < -0.39 is 15.4 Å². The van der Waals surface area contributed by atoms with Crippen molar-refractivity contribution < 1.29 is 8.42 Å². The van der Waals surface area contributed by atoms with Gasteiger partial charge in [-0.3, -0.25) is 4.90 Å². The largest absolute Gasteiger partial charge is 0.304 e. The van der Waals surface area contributed by atoms with Crippen molar-refractivity contribution in [3.05, 3.63) is 0 Å². The molecule has 0 aliphatic carbocycles. The number of hydrogen-bond acceptors (Lipinski definition) is 5. The lowest BCUT2D eigenvalue weighted by atomic mass is 9.94. The Balaban J connectivity index is 2.17. The van der Waals surface area contributed by atoms with E-state index >= 15 is 0 Å². The van der Waals surface area contributed by atoms with Gasteiger partial charge in [0, 0.05) is 26.2 Å². The summed E-state index contributed by atoms with van der Waals surface area (Å²) in [7, 11) is -0.993. The van der Waals surface area contributed by atoms with E-state index in [4.69, 9.17) is 0 Å². The third-order valence-electron chi connectivity index (χ3n) is 3.82. The number of nitrogens with zero attached hydrogens (tertiary/aromatic N) is 3. The van der Waals surface area contributed by atoms with Gasteiger partial charge < -0.3 is 4.90 Å². The standard InChI is InChI=1S/C11H19N3O2S/c1-13-4-6-14(7-5-13)11(9-12)3-2-8-17(15,16)10-11/h2-8,10H2,1H3. The third kappa shape index (κ3) is 2.62. The number of sulfone groups is 1. The van der Waals surface area contributed by atoms with Crippen LogP contribution in [-0.4, -0.2) is 68.5 Å². The van der Waals surface area contributed by atoms with Crippen LogP contribution in [0.5, 0.6) is 0 Å². The van der Waals surface area contributed by atoms with E-state index in [1.165, 1.54) is 0 Å². The molecule has 17 heavy (non-hydrogen) atoms. The molecule has 0 saturated carbocycles. The van der Waals surface area contributed by atoms with E-state index in [0.717, 1.165) is 26.2 Å². The molecule has 0 amide bonds. The van der Waals surface area contributed by atoms with Crippen LogP contribution < -0.4 is 0 Å². The summed E-state index contributed by atoms with van der Waals surface area (Å²) in [4.78, 5) is 4.28. The lowest BCUT2D eigenvalue weighted by molar-refractivity contribution is 0.0777. The van der Waals surface area contributed by atoms with Gasteiger partial charge in [0.2, 0.25) is 0 Å². The Morgan fingerprint density at radius 3 is 2.41 bits per heavy atom. The van der Waals surface area contributed by atoms with Gasteiger partial charge in [0.25, 0.3) is 0 Å². The van der Waals surface area contributed by atoms with E-state index in [1.54, 1.807) is 0 Å². The van der Waals surface area contributed by atoms with E-state index in [-0.39, 0.29) is 11.5 Å². The highest BCUT2D eigenvalue weighted by molar-refractivity contribution is 7.91. The van der Waals surface area contributed by atoms with Crippen LogP contribution in [0.2, 0.25) is 0 Å². The van der Waals surface area contributed by atoms with Gasteiger partial charge in [0.05, 0.1) is 17.6 Å². The Hall–Kier alpha value is -0.640. The smallest absolute Gasteiger partial charge is 0.153 e. The monoisotopic (exact) mass is 257 g/mol. The third-order valence-corrected chi connectivity index (χ3v) is 5.65. The molecule has 0 aromatic rings. The molecule has 5 nitrogen and oxygen atoms in total. The fourth-order valence-electron chi connectivity index (χ4n) is 2.74. The Bertz CT molecular complexity index is 420. The second-order valence-corrected chi connectivity index (χ2v) is 7.31. The molecular formula is C11H19N3O2S. The van der Waals surface area contributed by atoms with Crippen molar-refractivity contribution in [3.8, 4) is 6.07 Å². The van der Waals surface area contributed by atoms with Gasteiger partial charge in [-0.1, -0.05) is 0 Å². The van der Waals surface area contributed by atoms with Gasteiger partial charge >= 0.3 is 0 Å². The Morgan fingerprint density at radius 2 is 1.88 bits per heavy atom. The second kappa shape index (κ2) is 4.56. The minimum Gasteiger partial charge on any atom is -0.304 e. The molecule has 2 rings (SSSR count). The highest BCUT2D eigenvalue weighted by Gasteiger charge is 2.44. The minimum absolute atomic E-state index is 0.0141. The van der Waals surface area contributed by atoms with Crippen molar-refractivity contribution in [1.29, 1.82) is 5.26 Å². The van der Waals surface area contributed by atoms with Gasteiger partial charge in [0.15, 0.2) is 9.84 Å². The number of piperazine rings is 1. The van der Waals surface area contributed by atoms with Crippen molar-refractivity contribution in [2.24, 2.45) is 0 Å². The molecule has 0 spiro atoms. The van der Waals surface area contributed by atoms with Crippen molar-refractivity contribution in [2.45, 2.75) is 18.4 Å². The van der Waals surface area contributed by atoms with Gasteiger partial charge in [-0.15, -0.1) is 0 Å². The summed E-state index contributed by atoms with van der Waals surface area (Å²) in [5, 5.41) is 9.42. The van der Waals surface area contributed by atoms with Crippen molar-refractivity contribution in [1.82, 2.24) is 9.80 Å². The summed E-state index contributed by atoms with van der Waals surface area (Å²) in [5.74, 6) is 0.254. The van der Waals surface area contributed by atoms with Crippen molar-refractivity contribution in [3.63, 3.8) is 0 Å². The average molecular weight is 257 g/mol. The quantitative estimate of drug-likeness (QED) is 0.645. The first-order chi connectivity index (χ1) is 7.97. The highest BCUT2D eigenvalue weighted by Crippen LogP contribution is 2.29. The SMILES string of the molecule is CN1CCN(C2(C#N)CCCS(=O)(=O)C2)CC1. The normalized spacial score (nSPS) is 35.3. The summed E-state index contributed by atoms with van der Waals surface area (Å²) < 4.78 is 23.5. The van der Waals surface area contributed by atoms with E-state index in [9.17, 15) is 13.7 Å². The lowest BCUT2D eigenvalue weighted by Gasteiger charge is -2.44. The molecule has 6 heteroatoms. The van der Waals surface area contributed by atoms with Crippen molar-refractivity contribution in [2.75, 3.05) is 44.7 Å². The van der Waals surface area contributed by atoms with Crippen LogP contribution >= 0.6 is 0 Å². The Labute approximate surface area is 103 Å². The molecule has 2 fully saturated rings. The molecule has 1 atom stereocenters. The molecule has 2 heterocycles. The zero-order valence-electron chi connectivity index (χ0n) is 10.2. The zero-order valence-corrected chi connectivity index (χ0v) is 11.0. The fourth-order valence-corrected chi connectivity index (χ4v) is 4.58. The highest BCUT2D eigenvalue weighted by atomic mass is 32.2. The molecule has 2 aliphatic rings. The van der Waals surface area contributed by atoms with Crippen molar-refractivity contribution >= 4 is 9.84 Å². The van der Waals surface area contributed by atoms with Crippen LogP contribution in [0.3, 0.4) is 0 Å². The maximum absolute atomic E-state index is 11.7. The predicted molar refractivity (Wildman–Crippen MR) is 65.3 cm³/mol. The van der Waals surface area contributed by atoms with Crippen LogP contribution in [0.25, 0.3) is 0 Å². The van der Waals surface area contributed by atoms with Crippen LogP contribution in [0.15, 0.2) is 0 Å². The van der Waals surface area contributed by atoms with Crippen LogP contribution in [0, 0.1) is 11.3 Å². The summed E-state index contributed by atoms with van der Waals surface area (Å²) in [6.45, 7) is 3.39. The topological polar surface area (TPSA) is 64.4 Å². The molecule has 2 saturated heterocycles. The first kappa shape index (κ1) is 12.8. The maximum Gasteiger partial charge on any atom is 0.153 e.